The van der Waals surface area contributed by atoms with Crippen LogP contribution in [0.2, 0.25) is 0 Å². The van der Waals surface area contributed by atoms with E-state index in [9.17, 15) is 4.79 Å². The number of nitrogen functional groups attached to an aromatic ring is 2. The van der Waals surface area contributed by atoms with Gasteiger partial charge >= 0.3 is 5.91 Å². The van der Waals surface area contributed by atoms with Crippen LogP contribution in [0.3, 0.4) is 0 Å². The van der Waals surface area contributed by atoms with Crippen LogP contribution in [0.25, 0.3) is 0 Å². The molecule has 0 aliphatic rings. The molecule has 6 heteroatoms. The molecular formula is C13H12N5O+. The van der Waals surface area contributed by atoms with Crippen molar-refractivity contribution in [3.8, 4) is 0 Å². The van der Waals surface area contributed by atoms with Crippen LogP contribution in [0.4, 0.5) is 17.1 Å². The van der Waals surface area contributed by atoms with Gasteiger partial charge in [0.2, 0.25) is 10.0 Å². The molecule has 0 unspecified atom stereocenters. The molecule has 0 aliphatic carbocycles. The van der Waals surface area contributed by atoms with Crippen molar-refractivity contribution in [2.45, 2.75) is 0 Å². The summed E-state index contributed by atoms with van der Waals surface area (Å²) in [5.74, 6) is -0.488. The average Bonchev–Trinajstić information content (AvgIpc) is 2.41. The second-order valence-electron chi connectivity index (χ2n) is 3.78. The zero-order chi connectivity index (χ0) is 13.7. The first kappa shape index (κ1) is 12.5. The van der Waals surface area contributed by atoms with Crippen molar-refractivity contribution in [3.05, 3.63) is 54.1 Å². The molecule has 2 aromatic carbocycles. The van der Waals surface area contributed by atoms with Crippen LogP contribution in [0.5, 0.6) is 0 Å². The van der Waals surface area contributed by atoms with E-state index < -0.39 is 5.91 Å². The maximum atomic E-state index is 11.6. The van der Waals surface area contributed by atoms with Crippen LogP contribution in [-0.2, 0) is 0 Å². The second-order valence-corrected chi connectivity index (χ2v) is 3.78. The molecular weight excluding hydrogens is 242 g/mol. The fourth-order valence-corrected chi connectivity index (χ4v) is 1.37. The highest BCUT2D eigenvalue weighted by molar-refractivity contribution is 5.94. The SMILES string of the molecule is Nc1ccc(C(=O)N=[N+]=Nc2ccccc2N)cc1. The Kier molecular flexibility index (Phi) is 3.66. The van der Waals surface area contributed by atoms with Gasteiger partial charge in [-0.05, 0) is 36.4 Å². The van der Waals surface area contributed by atoms with Crippen LogP contribution in [0.15, 0.2) is 58.8 Å². The second kappa shape index (κ2) is 5.57. The third-order valence-corrected chi connectivity index (χ3v) is 2.38. The molecule has 2 rings (SSSR count). The summed E-state index contributed by atoms with van der Waals surface area (Å²) < 4.78 is 0. The normalized spacial score (nSPS) is 9.47. The highest BCUT2D eigenvalue weighted by Crippen LogP contribution is 2.19. The minimum atomic E-state index is -0.488. The molecule has 0 aliphatic heterocycles. The number of carbonyl (C=O) groups excluding carboxylic acids is 1. The average molecular weight is 254 g/mol. The molecule has 19 heavy (non-hydrogen) atoms. The molecule has 0 saturated carbocycles. The largest absolute Gasteiger partial charge is 0.399 e. The van der Waals surface area contributed by atoms with E-state index in [1.807, 2.05) is 0 Å². The lowest BCUT2D eigenvalue weighted by molar-refractivity contribution is 0.0992. The third kappa shape index (κ3) is 3.24. The summed E-state index contributed by atoms with van der Waals surface area (Å²) in [6, 6.07) is 13.3. The van der Waals surface area contributed by atoms with Gasteiger partial charge in [-0.1, -0.05) is 12.1 Å². The van der Waals surface area contributed by atoms with E-state index in [1.165, 1.54) is 0 Å². The Hall–Kier alpha value is -2.98. The van der Waals surface area contributed by atoms with Gasteiger partial charge in [-0.15, -0.1) is 0 Å². The summed E-state index contributed by atoms with van der Waals surface area (Å²) in [5.41, 5.74) is 13.1. The number of anilines is 2. The number of hydrogen-bond donors (Lipinski definition) is 2. The van der Waals surface area contributed by atoms with Crippen molar-refractivity contribution in [1.82, 2.24) is 4.91 Å². The molecule has 0 spiro atoms. The van der Waals surface area contributed by atoms with Crippen molar-refractivity contribution in [2.24, 2.45) is 10.2 Å². The summed E-state index contributed by atoms with van der Waals surface area (Å²) in [7, 11) is 0. The topological polar surface area (TPSA) is 108 Å². The maximum absolute atomic E-state index is 11.6. The number of nitrogens with zero attached hydrogens (tertiary/aromatic N) is 3. The number of hydrogen-bond acceptors (Lipinski definition) is 4. The minimum Gasteiger partial charge on any atom is -0.399 e. The molecule has 0 fully saturated rings. The fraction of sp³-hybridized carbons (Fsp3) is 0. The quantitative estimate of drug-likeness (QED) is 0.487. The van der Waals surface area contributed by atoms with Gasteiger partial charge in [0.25, 0.3) is 0 Å². The highest BCUT2D eigenvalue weighted by Gasteiger charge is 2.09. The van der Waals surface area contributed by atoms with E-state index in [-0.39, 0.29) is 0 Å². The molecule has 0 radical (unpaired) electrons. The molecule has 2 aromatic rings. The first-order valence-electron chi connectivity index (χ1n) is 5.53. The van der Waals surface area contributed by atoms with Crippen LogP contribution < -0.4 is 16.4 Å². The van der Waals surface area contributed by atoms with Crippen LogP contribution >= 0.6 is 0 Å². The lowest BCUT2D eigenvalue weighted by Gasteiger charge is -1.91. The molecule has 1 amide bonds. The predicted octanol–water partition coefficient (Wildman–Crippen LogP) is 2.29. The Bertz CT molecular complexity index is 657. The lowest BCUT2D eigenvalue weighted by atomic mass is 10.2. The van der Waals surface area contributed by atoms with Crippen molar-refractivity contribution in [3.63, 3.8) is 0 Å². The molecule has 0 bridgehead atoms. The number of nitrogens with two attached hydrogens (primary N) is 2. The third-order valence-electron chi connectivity index (χ3n) is 2.38. The summed E-state index contributed by atoms with van der Waals surface area (Å²) in [6.45, 7) is 0. The zero-order valence-corrected chi connectivity index (χ0v) is 10.0. The Balaban J connectivity index is 2.17. The summed E-state index contributed by atoms with van der Waals surface area (Å²) in [4.78, 5) is 15.1. The number of rotatable bonds is 2. The maximum Gasteiger partial charge on any atom is 0.360 e. The van der Waals surface area contributed by atoms with Crippen LogP contribution in [0.1, 0.15) is 10.4 Å². The predicted molar refractivity (Wildman–Crippen MR) is 72.7 cm³/mol. The van der Waals surface area contributed by atoms with Gasteiger partial charge in [-0.25, -0.2) is 0 Å². The number of carbonyl (C=O) groups is 1. The molecule has 94 valence electrons. The van der Waals surface area contributed by atoms with Crippen molar-refractivity contribution < 1.29 is 4.79 Å². The van der Waals surface area contributed by atoms with E-state index >= 15 is 0 Å². The van der Waals surface area contributed by atoms with Gasteiger partial charge in [-0.3, -0.25) is 4.79 Å². The standard InChI is InChI=1S/C13H11N5O/c14-10-7-5-9(6-8-10)13(19)17-18-16-12-4-2-1-3-11(12)15/h1-8,15H,(H2,14,19)/p+1. The summed E-state index contributed by atoms with van der Waals surface area (Å²) in [5, 5.41) is 7.26. The van der Waals surface area contributed by atoms with E-state index in [1.54, 1.807) is 48.5 Å². The highest BCUT2D eigenvalue weighted by atomic mass is 16.1. The smallest absolute Gasteiger partial charge is 0.360 e. The first-order valence-corrected chi connectivity index (χ1v) is 5.53. The Morgan fingerprint density at radius 2 is 1.68 bits per heavy atom. The molecule has 0 saturated heterocycles. The van der Waals surface area contributed by atoms with Crippen LogP contribution in [-0.4, -0.2) is 5.91 Å². The van der Waals surface area contributed by atoms with E-state index in [0.29, 0.717) is 22.6 Å². The van der Waals surface area contributed by atoms with E-state index in [2.05, 4.69) is 15.1 Å². The Labute approximate surface area is 109 Å². The minimum absolute atomic E-state index is 0.397. The molecule has 0 aromatic heterocycles. The monoisotopic (exact) mass is 254 g/mol. The van der Waals surface area contributed by atoms with Crippen molar-refractivity contribution in [1.29, 1.82) is 0 Å². The lowest BCUT2D eigenvalue weighted by Crippen LogP contribution is -1.95. The number of para-hydroxylation sites is 1. The Morgan fingerprint density at radius 1 is 1.00 bits per heavy atom. The van der Waals surface area contributed by atoms with Gasteiger partial charge in [0.15, 0.2) is 10.8 Å². The van der Waals surface area contributed by atoms with Gasteiger partial charge < -0.3 is 11.5 Å². The van der Waals surface area contributed by atoms with Gasteiger partial charge in [0.1, 0.15) is 0 Å². The Morgan fingerprint density at radius 3 is 2.37 bits per heavy atom. The first-order chi connectivity index (χ1) is 9.16. The summed E-state index contributed by atoms with van der Waals surface area (Å²) in [6.07, 6.45) is 0. The van der Waals surface area contributed by atoms with Crippen LogP contribution in [0, 0.1) is 0 Å². The van der Waals surface area contributed by atoms with Gasteiger partial charge in [0.05, 0.1) is 5.69 Å². The zero-order valence-electron chi connectivity index (χ0n) is 10.0. The summed E-state index contributed by atoms with van der Waals surface area (Å²) >= 11 is 0. The fourth-order valence-electron chi connectivity index (χ4n) is 1.37. The van der Waals surface area contributed by atoms with E-state index in [0.717, 1.165) is 0 Å². The number of amides is 1. The van der Waals surface area contributed by atoms with Crippen molar-refractivity contribution in [2.75, 3.05) is 11.5 Å². The molecule has 6 nitrogen and oxygen atoms in total. The number of benzene rings is 2. The molecule has 0 atom stereocenters. The molecule has 4 N–H and O–H groups in total. The van der Waals surface area contributed by atoms with Gasteiger partial charge in [0, 0.05) is 11.3 Å². The van der Waals surface area contributed by atoms with Gasteiger partial charge in [-0.2, -0.15) is 0 Å². The van der Waals surface area contributed by atoms with E-state index in [4.69, 9.17) is 11.5 Å². The van der Waals surface area contributed by atoms with Crippen molar-refractivity contribution >= 4 is 23.0 Å². The molecule has 0 heterocycles.